The molecule has 1 atom stereocenters. The van der Waals surface area contributed by atoms with E-state index in [1.54, 1.807) is 0 Å². The average Bonchev–Trinajstić information content (AvgIpc) is 2.11. The molecule has 0 unspecified atom stereocenters. The third-order valence-electron chi connectivity index (χ3n) is 1.53. The highest BCUT2D eigenvalue weighted by atomic mass is 35.5. The largest absolute Gasteiger partial charge is 0.394 e. The Labute approximate surface area is 79.8 Å². The minimum absolute atomic E-state index is 0.164. The Morgan fingerprint density at radius 1 is 1.62 bits per heavy atom. The fourth-order valence-electron chi connectivity index (χ4n) is 0.909. The van der Waals surface area contributed by atoms with E-state index in [2.05, 4.69) is 4.98 Å². The Kier molecular flexibility index (Phi) is 3.59. The summed E-state index contributed by atoms with van der Waals surface area (Å²) in [6.45, 7) is -0.357. The topological polar surface area (TPSA) is 53.4 Å². The normalized spacial score (nSPS) is 12.9. The summed E-state index contributed by atoms with van der Waals surface area (Å²) in [7, 11) is 0. The maximum atomic E-state index is 12.8. The van der Waals surface area contributed by atoms with Crippen molar-refractivity contribution in [3.8, 4) is 0 Å². The second kappa shape index (κ2) is 4.50. The van der Waals surface area contributed by atoms with E-state index >= 15 is 0 Å². The van der Waals surface area contributed by atoms with Gasteiger partial charge >= 0.3 is 0 Å². The van der Waals surface area contributed by atoms with Crippen LogP contribution in [0.4, 0.5) is 4.39 Å². The molecule has 0 aromatic carbocycles. The molecule has 0 aliphatic heterocycles. The molecule has 2 N–H and O–H groups in total. The van der Waals surface area contributed by atoms with Gasteiger partial charge in [0.05, 0.1) is 12.7 Å². The van der Waals surface area contributed by atoms with E-state index < -0.39 is 11.9 Å². The molecule has 13 heavy (non-hydrogen) atoms. The van der Waals surface area contributed by atoms with Crippen molar-refractivity contribution in [1.29, 1.82) is 0 Å². The molecule has 0 radical (unpaired) electrons. The number of nitrogens with zero attached hydrogens (tertiary/aromatic N) is 1. The van der Waals surface area contributed by atoms with Crippen LogP contribution in [0.2, 0.25) is 5.15 Å². The highest BCUT2D eigenvalue weighted by molar-refractivity contribution is 6.29. The number of aliphatic hydroxyl groups is 2. The van der Waals surface area contributed by atoms with Crippen LogP contribution in [-0.2, 0) is 6.42 Å². The lowest BCUT2D eigenvalue weighted by Gasteiger charge is -2.06. The summed E-state index contributed by atoms with van der Waals surface area (Å²) in [5, 5.41) is 17.4. The lowest BCUT2D eigenvalue weighted by Crippen LogP contribution is -2.15. The summed E-state index contributed by atoms with van der Waals surface area (Å²) >= 11 is 5.35. The molecule has 0 fully saturated rings. The van der Waals surface area contributed by atoms with Gasteiger partial charge in [-0.3, -0.25) is 0 Å². The molecule has 0 spiro atoms. The Bertz CT molecular complexity index is 295. The summed E-state index contributed by atoms with van der Waals surface area (Å²) in [6, 6.07) is 1.19. The third kappa shape index (κ3) is 2.91. The second-order valence-electron chi connectivity index (χ2n) is 2.66. The van der Waals surface area contributed by atoms with Crippen molar-refractivity contribution < 1.29 is 14.6 Å². The summed E-state index contributed by atoms with van der Waals surface area (Å²) in [4.78, 5) is 3.56. The van der Waals surface area contributed by atoms with E-state index in [4.69, 9.17) is 21.8 Å². The molecule has 1 aromatic rings. The molecule has 0 saturated carbocycles. The van der Waals surface area contributed by atoms with Crippen LogP contribution < -0.4 is 0 Å². The van der Waals surface area contributed by atoms with Gasteiger partial charge < -0.3 is 10.2 Å². The molecule has 0 amide bonds. The lowest BCUT2D eigenvalue weighted by atomic mass is 10.1. The number of hydrogen-bond acceptors (Lipinski definition) is 3. The van der Waals surface area contributed by atoms with Gasteiger partial charge in [0.1, 0.15) is 0 Å². The molecule has 5 heteroatoms. The lowest BCUT2D eigenvalue weighted by molar-refractivity contribution is 0.0954. The first-order valence-corrected chi connectivity index (χ1v) is 4.10. The van der Waals surface area contributed by atoms with Gasteiger partial charge in [0.2, 0.25) is 0 Å². The van der Waals surface area contributed by atoms with Gasteiger partial charge in [0.15, 0.2) is 11.0 Å². The van der Waals surface area contributed by atoms with Crippen molar-refractivity contribution in [3.05, 3.63) is 28.8 Å². The van der Waals surface area contributed by atoms with Crippen LogP contribution in [0.25, 0.3) is 0 Å². The first-order valence-electron chi connectivity index (χ1n) is 3.72. The van der Waals surface area contributed by atoms with Crippen LogP contribution in [0, 0.1) is 5.82 Å². The SMILES string of the molecule is OC[C@@H](O)Cc1cnc(Cl)c(F)c1. The van der Waals surface area contributed by atoms with Crippen molar-refractivity contribution in [3.63, 3.8) is 0 Å². The van der Waals surface area contributed by atoms with Gasteiger partial charge in [-0.2, -0.15) is 0 Å². The number of rotatable bonds is 3. The van der Waals surface area contributed by atoms with E-state index in [-0.39, 0.29) is 18.2 Å². The zero-order valence-electron chi connectivity index (χ0n) is 6.74. The highest BCUT2D eigenvalue weighted by Crippen LogP contribution is 2.12. The molecule has 0 aliphatic rings. The number of pyridine rings is 1. The Morgan fingerprint density at radius 2 is 2.31 bits per heavy atom. The number of hydrogen-bond donors (Lipinski definition) is 2. The molecule has 3 nitrogen and oxygen atoms in total. The number of aromatic nitrogens is 1. The molecule has 0 bridgehead atoms. The Hall–Kier alpha value is -0.710. The van der Waals surface area contributed by atoms with Gasteiger partial charge in [-0.1, -0.05) is 11.6 Å². The van der Waals surface area contributed by atoms with Crippen molar-refractivity contribution in [2.24, 2.45) is 0 Å². The van der Waals surface area contributed by atoms with E-state index in [9.17, 15) is 4.39 Å². The van der Waals surface area contributed by atoms with E-state index in [0.717, 1.165) is 0 Å². The summed E-state index contributed by atoms with van der Waals surface area (Å²) in [5.74, 6) is -0.621. The van der Waals surface area contributed by atoms with Gasteiger partial charge in [0, 0.05) is 12.6 Å². The predicted molar refractivity (Wildman–Crippen MR) is 46.0 cm³/mol. The van der Waals surface area contributed by atoms with Crippen molar-refractivity contribution >= 4 is 11.6 Å². The van der Waals surface area contributed by atoms with Crippen LogP contribution in [0.15, 0.2) is 12.3 Å². The molecule has 1 heterocycles. The van der Waals surface area contributed by atoms with Crippen molar-refractivity contribution in [2.75, 3.05) is 6.61 Å². The van der Waals surface area contributed by atoms with E-state index in [1.807, 2.05) is 0 Å². The van der Waals surface area contributed by atoms with Gasteiger partial charge in [-0.25, -0.2) is 9.37 Å². The smallest absolute Gasteiger partial charge is 0.164 e. The molecule has 72 valence electrons. The molecule has 0 saturated heterocycles. The second-order valence-corrected chi connectivity index (χ2v) is 3.01. The van der Waals surface area contributed by atoms with Crippen molar-refractivity contribution in [2.45, 2.75) is 12.5 Å². The maximum Gasteiger partial charge on any atom is 0.164 e. The number of aliphatic hydroxyl groups excluding tert-OH is 2. The minimum atomic E-state index is -0.887. The molecular weight excluding hydrogens is 197 g/mol. The van der Waals surface area contributed by atoms with Gasteiger partial charge in [-0.05, 0) is 11.6 Å². The Morgan fingerprint density at radius 3 is 2.85 bits per heavy atom. The van der Waals surface area contributed by atoms with Gasteiger partial charge in [-0.15, -0.1) is 0 Å². The molecular formula is C8H9ClFNO2. The van der Waals surface area contributed by atoms with Gasteiger partial charge in [0.25, 0.3) is 0 Å². The standard InChI is InChI=1S/C8H9ClFNO2/c9-8-7(10)2-5(3-11-8)1-6(13)4-12/h2-3,6,12-13H,1,4H2/t6-/m0/s1. The predicted octanol–water partition coefficient (Wildman–Crippen LogP) is 0.770. The van der Waals surface area contributed by atoms with Crippen LogP contribution >= 0.6 is 11.6 Å². The third-order valence-corrected chi connectivity index (χ3v) is 1.81. The molecule has 0 aliphatic carbocycles. The quantitative estimate of drug-likeness (QED) is 0.717. The van der Waals surface area contributed by atoms with Crippen molar-refractivity contribution in [1.82, 2.24) is 4.98 Å². The average molecular weight is 206 g/mol. The summed E-state index contributed by atoms with van der Waals surface area (Å²) in [6.07, 6.45) is 0.643. The monoisotopic (exact) mass is 205 g/mol. The Balaban J connectivity index is 2.73. The van der Waals surface area contributed by atoms with Crippen LogP contribution in [0.3, 0.4) is 0 Å². The zero-order valence-corrected chi connectivity index (χ0v) is 7.50. The van der Waals surface area contributed by atoms with Crippen LogP contribution in [0.1, 0.15) is 5.56 Å². The minimum Gasteiger partial charge on any atom is -0.394 e. The zero-order chi connectivity index (χ0) is 9.84. The molecule has 1 rings (SSSR count). The van der Waals surface area contributed by atoms with Crippen LogP contribution in [-0.4, -0.2) is 27.9 Å². The van der Waals surface area contributed by atoms with Crippen LogP contribution in [0.5, 0.6) is 0 Å². The first kappa shape index (κ1) is 10.4. The summed E-state index contributed by atoms with van der Waals surface area (Å²) in [5.41, 5.74) is 0.503. The maximum absolute atomic E-state index is 12.8. The fourth-order valence-corrected chi connectivity index (χ4v) is 1.01. The first-order chi connectivity index (χ1) is 6.13. The number of halogens is 2. The fraction of sp³-hybridized carbons (Fsp3) is 0.375. The summed E-state index contributed by atoms with van der Waals surface area (Å²) < 4.78 is 12.8. The molecule has 1 aromatic heterocycles. The highest BCUT2D eigenvalue weighted by Gasteiger charge is 2.07. The van der Waals surface area contributed by atoms with E-state index in [1.165, 1.54) is 12.3 Å². The van der Waals surface area contributed by atoms with E-state index in [0.29, 0.717) is 5.56 Å².